The molecule has 0 aliphatic carbocycles. The molecule has 2 aromatic carbocycles. The molecular weight excluding hydrogens is 488 g/mol. The number of carbonyl (C=O) groups is 2. The molecule has 0 aliphatic heterocycles. The first kappa shape index (κ1) is 30.7. The Kier molecular flexibility index (Phi) is 14.4. The molecule has 0 bridgehead atoms. The molecule has 0 fully saturated rings. The monoisotopic (exact) mass is 530 g/mol. The number of benzene rings is 2. The van der Waals surface area contributed by atoms with Gasteiger partial charge in [0.05, 0.1) is 28.4 Å². The third-order valence-electron chi connectivity index (χ3n) is 5.99. The van der Waals surface area contributed by atoms with Crippen LogP contribution in [0.5, 0.6) is 23.0 Å². The third kappa shape index (κ3) is 11.3. The van der Waals surface area contributed by atoms with Crippen LogP contribution in [-0.4, -0.2) is 40.3 Å². The van der Waals surface area contributed by atoms with Gasteiger partial charge in [-0.15, -0.1) is 0 Å². The molecule has 0 aliphatic rings. The molecule has 2 rings (SSSR count). The first-order valence-electron chi connectivity index (χ1n) is 13.0. The Labute approximate surface area is 225 Å². The highest BCUT2D eigenvalue weighted by Gasteiger charge is 2.07. The van der Waals surface area contributed by atoms with Gasteiger partial charge < -0.3 is 18.9 Å². The zero-order valence-electron chi connectivity index (χ0n) is 23.0. The molecule has 10 heteroatoms. The van der Waals surface area contributed by atoms with Crippen LogP contribution in [0.4, 0.5) is 0 Å². The predicted molar refractivity (Wildman–Crippen MR) is 146 cm³/mol. The molecule has 2 aromatic rings. The Bertz CT molecular complexity index is 922. The van der Waals surface area contributed by atoms with E-state index in [1.54, 1.807) is 28.4 Å². The third-order valence-corrected chi connectivity index (χ3v) is 5.99. The molecule has 0 aromatic heterocycles. The average Bonchev–Trinajstić information content (AvgIpc) is 2.94. The highest BCUT2D eigenvalue weighted by Crippen LogP contribution is 2.28. The van der Waals surface area contributed by atoms with Gasteiger partial charge in [-0.3, -0.25) is 20.4 Å². The van der Waals surface area contributed by atoms with Gasteiger partial charge in [0.15, 0.2) is 23.0 Å². The van der Waals surface area contributed by atoms with Crippen LogP contribution in [0.3, 0.4) is 0 Å². The molecule has 4 N–H and O–H groups in total. The minimum Gasteiger partial charge on any atom is -0.493 e. The van der Waals surface area contributed by atoms with Crippen LogP contribution in [0.1, 0.15) is 62.5 Å². The Morgan fingerprint density at radius 1 is 0.553 bits per heavy atom. The number of rotatable bonds is 19. The summed E-state index contributed by atoms with van der Waals surface area (Å²) in [7, 11) is 6.38. The zero-order chi connectivity index (χ0) is 27.6. The molecule has 0 saturated heterocycles. The van der Waals surface area contributed by atoms with E-state index in [9.17, 15) is 9.59 Å². The lowest BCUT2D eigenvalue weighted by atomic mass is 10.1. The number of nitrogens with one attached hydrogen (secondary N) is 4. The SMILES string of the molecule is COc1ccc(CNNC(=O)CCCCCCCCC(=O)NNCc2ccc(OC)c(OC)c2)cc1OC. The second kappa shape index (κ2) is 17.9. The summed E-state index contributed by atoms with van der Waals surface area (Å²) in [5.74, 6) is 2.60. The fourth-order valence-corrected chi connectivity index (χ4v) is 3.87. The van der Waals surface area contributed by atoms with Crippen LogP contribution >= 0.6 is 0 Å². The van der Waals surface area contributed by atoms with E-state index in [4.69, 9.17) is 18.9 Å². The van der Waals surface area contributed by atoms with E-state index < -0.39 is 0 Å². The maximum absolute atomic E-state index is 12.0. The molecule has 38 heavy (non-hydrogen) atoms. The summed E-state index contributed by atoms with van der Waals surface area (Å²) in [6.45, 7) is 0.983. The lowest BCUT2D eigenvalue weighted by Gasteiger charge is -2.11. The lowest BCUT2D eigenvalue weighted by molar-refractivity contribution is -0.123. The number of unbranched alkanes of at least 4 members (excludes halogenated alkanes) is 5. The maximum atomic E-state index is 12.0. The minimum atomic E-state index is -0.0252. The molecule has 0 unspecified atom stereocenters. The largest absolute Gasteiger partial charge is 0.493 e. The number of carbonyl (C=O) groups excluding carboxylic acids is 2. The van der Waals surface area contributed by atoms with Crippen LogP contribution in [0.15, 0.2) is 36.4 Å². The first-order valence-corrected chi connectivity index (χ1v) is 13.0. The second-order valence-electron chi connectivity index (χ2n) is 8.80. The van der Waals surface area contributed by atoms with Crippen LogP contribution in [-0.2, 0) is 22.7 Å². The van der Waals surface area contributed by atoms with E-state index in [2.05, 4.69) is 21.7 Å². The normalized spacial score (nSPS) is 10.5. The van der Waals surface area contributed by atoms with E-state index in [0.29, 0.717) is 48.9 Å². The maximum Gasteiger partial charge on any atom is 0.234 e. The van der Waals surface area contributed by atoms with E-state index in [1.165, 1.54) is 0 Å². The fraction of sp³-hybridized carbons (Fsp3) is 0.500. The summed E-state index contributed by atoms with van der Waals surface area (Å²) in [6.07, 6.45) is 6.70. The average molecular weight is 531 g/mol. The summed E-state index contributed by atoms with van der Waals surface area (Å²) in [6, 6.07) is 11.3. The van der Waals surface area contributed by atoms with E-state index in [1.807, 2.05) is 36.4 Å². The summed E-state index contributed by atoms with van der Waals surface area (Å²) in [5, 5.41) is 0. The van der Waals surface area contributed by atoms with Crippen molar-refractivity contribution in [3.8, 4) is 23.0 Å². The smallest absolute Gasteiger partial charge is 0.234 e. The van der Waals surface area contributed by atoms with Crippen molar-refractivity contribution in [2.24, 2.45) is 0 Å². The molecule has 0 radical (unpaired) electrons. The standard InChI is InChI=1S/C28H42N4O6/c1-35-23-15-13-21(17-25(23)37-3)19-29-31-27(33)11-9-7-5-6-8-10-12-28(34)32-30-20-22-14-16-24(36-2)26(18-22)38-4/h13-18,29-30H,5-12,19-20H2,1-4H3,(H,31,33)(H,32,34). The minimum absolute atomic E-state index is 0.0252. The molecule has 0 spiro atoms. The van der Waals surface area contributed by atoms with Gasteiger partial charge in [-0.2, -0.15) is 0 Å². The van der Waals surface area contributed by atoms with Gasteiger partial charge in [0.2, 0.25) is 11.8 Å². The number of hydrazine groups is 2. The van der Waals surface area contributed by atoms with Crippen molar-refractivity contribution in [1.82, 2.24) is 21.7 Å². The van der Waals surface area contributed by atoms with Gasteiger partial charge in [-0.25, -0.2) is 10.9 Å². The molecule has 0 saturated carbocycles. The number of methoxy groups -OCH3 is 4. The van der Waals surface area contributed by atoms with Crippen molar-refractivity contribution in [2.75, 3.05) is 28.4 Å². The van der Waals surface area contributed by atoms with Crippen LogP contribution < -0.4 is 40.7 Å². The van der Waals surface area contributed by atoms with Gasteiger partial charge in [0, 0.05) is 25.9 Å². The number of ether oxygens (including phenoxy) is 4. The highest BCUT2D eigenvalue weighted by atomic mass is 16.5. The summed E-state index contributed by atoms with van der Waals surface area (Å²) in [5.41, 5.74) is 13.3. The van der Waals surface area contributed by atoms with Gasteiger partial charge in [0.1, 0.15) is 0 Å². The molecule has 10 nitrogen and oxygen atoms in total. The van der Waals surface area contributed by atoms with Crippen molar-refractivity contribution >= 4 is 11.8 Å². The number of hydrogen-bond acceptors (Lipinski definition) is 8. The quantitative estimate of drug-likeness (QED) is 0.160. The molecule has 0 atom stereocenters. The molecular formula is C28H42N4O6. The number of amides is 2. The van der Waals surface area contributed by atoms with Gasteiger partial charge in [-0.1, -0.05) is 37.8 Å². The summed E-state index contributed by atoms with van der Waals surface area (Å²) in [4.78, 5) is 24.0. The van der Waals surface area contributed by atoms with Crippen LogP contribution in [0.2, 0.25) is 0 Å². The van der Waals surface area contributed by atoms with E-state index in [-0.39, 0.29) is 11.8 Å². The van der Waals surface area contributed by atoms with Crippen molar-refractivity contribution in [3.05, 3.63) is 47.5 Å². The predicted octanol–water partition coefficient (Wildman–Crippen LogP) is 3.78. The topological polar surface area (TPSA) is 119 Å². The number of hydrogen-bond donors (Lipinski definition) is 4. The van der Waals surface area contributed by atoms with Crippen molar-refractivity contribution < 1.29 is 28.5 Å². The second-order valence-corrected chi connectivity index (χ2v) is 8.80. The van der Waals surface area contributed by atoms with Crippen LogP contribution in [0.25, 0.3) is 0 Å². The van der Waals surface area contributed by atoms with Crippen molar-refractivity contribution in [2.45, 2.75) is 64.5 Å². The fourth-order valence-electron chi connectivity index (χ4n) is 3.87. The first-order chi connectivity index (χ1) is 18.5. The van der Waals surface area contributed by atoms with E-state index >= 15 is 0 Å². The van der Waals surface area contributed by atoms with Gasteiger partial charge in [-0.05, 0) is 48.2 Å². The Morgan fingerprint density at radius 3 is 1.29 bits per heavy atom. The molecule has 0 heterocycles. The van der Waals surface area contributed by atoms with Gasteiger partial charge in [0.25, 0.3) is 0 Å². The van der Waals surface area contributed by atoms with Gasteiger partial charge >= 0.3 is 0 Å². The Balaban J connectivity index is 1.45. The highest BCUT2D eigenvalue weighted by molar-refractivity contribution is 5.75. The summed E-state index contributed by atoms with van der Waals surface area (Å²) >= 11 is 0. The van der Waals surface area contributed by atoms with E-state index in [0.717, 1.165) is 49.7 Å². The van der Waals surface area contributed by atoms with Crippen molar-refractivity contribution in [1.29, 1.82) is 0 Å². The Hall–Kier alpha value is -3.50. The Morgan fingerprint density at radius 2 is 0.921 bits per heavy atom. The summed E-state index contributed by atoms with van der Waals surface area (Å²) < 4.78 is 21.0. The molecule has 210 valence electrons. The molecule has 2 amide bonds. The zero-order valence-corrected chi connectivity index (χ0v) is 23.0. The van der Waals surface area contributed by atoms with Crippen LogP contribution in [0, 0.1) is 0 Å². The lowest BCUT2D eigenvalue weighted by Crippen LogP contribution is -2.36. The van der Waals surface area contributed by atoms with Crippen molar-refractivity contribution in [3.63, 3.8) is 0 Å².